The summed E-state index contributed by atoms with van der Waals surface area (Å²) in [5.41, 5.74) is 1.65. The molecule has 6 aromatic rings. The second kappa shape index (κ2) is 18.4. The molecule has 2 aliphatic rings. The van der Waals surface area contributed by atoms with Crippen LogP contribution in [0.2, 0.25) is 0 Å². The van der Waals surface area contributed by atoms with E-state index in [1.807, 2.05) is 6.07 Å². The average molecular weight is 877 g/mol. The van der Waals surface area contributed by atoms with Crippen molar-refractivity contribution in [2.24, 2.45) is 0 Å². The van der Waals surface area contributed by atoms with E-state index in [0.717, 1.165) is 6.42 Å². The molecule has 330 valence electrons. The van der Waals surface area contributed by atoms with E-state index in [4.69, 9.17) is 9.47 Å². The Morgan fingerprint density at radius 2 is 1.16 bits per heavy atom. The lowest BCUT2D eigenvalue weighted by atomic mass is 10.1. The zero-order valence-electron chi connectivity index (χ0n) is 34.6. The fourth-order valence-electron chi connectivity index (χ4n) is 8.19. The summed E-state index contributed by atoms with van der Waals surface area (Å²) in [5, 5.41) is 5.21. The zero-order valence-corrected chi connectivity index (χ0v) is 34.6. The second-order valence-corrected chi connectivity index (χ2v) is 15.2. The maximum atomic E-state index is 14.6. The molecule has 3 aromatic heterocycles. The van der Waals surface area contributed by atoms with Crippen LogP contribution in [-0.2, 0) is 25.2 Å². The summed E-state index contributed by atoms with van der Waals surface area (Å²) < 4.78 is 53.2. The SMILES string of the molecule is COC(=O)N[C@@H](C(=O)N1CCC[C@H]1c1ncc(-c2cnc(-c3ccc(-c4nc([C@@H]5CCCN5C(=O)[C@H](NC(=O)OC)c5ccccc5)[nH]c4C(F)(F)F)cc3)nc2)[nH]1)c1ccccc1. The number of benzene rings is 3. The monoisotopic (exact) mass is 876 g/mol. The summed E-state index contributed by atoms with van der Waals surface area (Å²) in [5.74, 6) is 0.0469. The molecule has 2 aliphatic heterocycles. The van der Waals surface area contributed by atoms with Crippen molar-refractivity contribution in [2.45, 2.75) is 56.0 Å². The van der Waals surface area contributed by atoms with Gasteiger partial charge in [0.05, 0.1) is 38.2 Å². The van der Waals surface area contributed by atoms with E-state index in [1.54, 1.807) is 90.2 Å². The maximum Gasteiger partial charge on any atom is 0.433 e. The second-order valence-electron chi connectivity index (χ2n) is 15.2. The third-order valence-corrected chi connectivity index (χ3v) is 11.3. The molecule has 19 heteroatoms. The van der Waals surface area contributed by atoms with Gasteiger partial charge in [-0.3, -0.25) is 9.59 Å². The highest BCUT2D eigenvalue weighted by Gasteiger charge is 2.42. The van der Waals surface area contributed by atoms with Crippen LogP contribution in [-0.4, -0.2) is 91.0 Å². The fourth-order valence-corrected chi connectivity index (χ4v) is 8.19. The van der Waals surface area contributed by atoms with E-state index in [0.29, 0.717) is 65.4 Å². The molecule has 16 nitrogen and oxygen atoms in total. The number of rotatable bonds is 11. The molecule has 0 bridgehead atoms. The van der Waals surface area contributed by atoms with Gasteiger partial charge in [-0.05, 0) is 36.8 Å². The number of methoxy groups -OCH3 is 2. The number of carbonyl (C=O) groups is 4. The Morgan fingerprint density at radius 3 is 1.66 bits per heavy atom. The minimum Gasteiger partial charge on any atom is -0.453 e. The molecule has 5 heterocycles. The predicted molar refractivity (Wildman–Crippen MR) is 224 cm³/mol. The van der Waals surface area contributed by atoms with Gasteiger partial charge in [-0.15, -0.1) is 0 Å². The van der Waals surface area contributed by atoms with Crippen LogP contribution >= 0.6 is 0 Å². The maximum absolute atomic E-state index is 14.6. The van der Waals surface area contributed by atoms with Crippen molar-refractivity contribution in [3.8, 4) is 33.9 Å². The molecule has 0 radical (unpaired) electrons. The van der Waals surface area contributed by atoms with Crippen molar-refractivity contribution >= 4 is 24.0 Å². The van der Waals surface area contributed by atoms with E-state index in [1.165, 1.54) is 31.3 Å². The van der Waals surface area contributed by atoms with E-state index < -0.39 is 48.1 Å². The first-order valence-electron chi connectivity index (χ1n) is 20.5. The van der Waals surface area contributed by atoms with Crippen LogP contribution in [0.15, 0.2) is 104 Å². The summed E-state index contributed by atoms with van der Waals surface area (Å²) in [6, 6.07) is 20.4. The van der Waals surface area contributed by atoms with E-state index in [-0.39, 0.29) is 35.6 Å². The van der Waals surface area contributed by atoms with Crippen LogP contribution in [0, 0.1) is 0 Å². The number of H-pyrrole nitrogens is 2. The van der Waals surface area contributed by atoms with E-state index in [2.05, 4.69) is 40.5 Å². The summed E-state index contributed by atoms with van der Waals surface area (Å²) in [6.45, 7) is 0.712. The molecule has 3 aromatic carbocycles. The van der Waals surface area contributed by atoms with E-state index in [9.17, 15) is 32.3 Å². The summed E-state index contributed by atoms with van der Waals surface area (Å²) in [7, 11) is 2.41. The Kier molecular flexibility index (Phi) is 12.4. The molecule has 4 N–H and O–H groups in total. The Bertz CT molecular complexity index is 2610. The standard InChI is InChI=1S/C45H43F3N10O6/c1-63-43(61)54-35(26-11-5-3-6-12-26)41(59)57-21-9-15-32(57)39-51-25-31(52-39)30-23-49-38(50-24-30)29-19-17-28(18-20-29)34-37(45(46,47)48)56-40(53-34)33-16-10-22-58(33)42(60)36(55-44(62)64-2)27-13-7-4-8-14-27/h3-8,11-14,17-20,23-25,32-33,35-36H,9-10,15-16,21-22H2,1-2H3,(H,51,52)(H,53,56)(H,54,61)(H,55,62)/t32-,33-,35+,36+/m0/s1. The number of hydrogen-bond acceptors (Lipinski definition) is 10. The molecular formula is C45H43F3N10O6. The number of hydrogen-bond donors (Lipinski definition) is 4. The molecule has 8 rings (SSSR count). The Balaban J connectivity index is 0.982. The number of carbonyl (C=O) groups excluding carboxylic acids is 4. The zero-order chi connectivity index (χ0) is 45.0. The van der Waals surface area contributed by atoms with Gasteiger partial charge in [0, 0.05) is 42.2 Å². The van der Waals surface area contributed by atoms with Crippen molar-refractivity contribution in [1.29, 1.82) is 0 Å². The quantitative estimate of drug-likeness (QED) is 0.101. The molecular weight excluding hydrogens is 834 g/mol. The molecule has 0 saturated carbocycles. The lowest BCUT2D eigenvalue weighted by molar-refractivity contribution is -0.140. The van der Waals surface area contributed by atoms with Crippen LogP contribution in [0.3, 0.4) is 0 Å². The largest absolute Gasteiger partial charge is 0.453 e. The van der Waals surface area contributed by atoms with Gasteiger partial charge in [0.15, 0.2) is 5.82 Å². The molecule has 4 amide bonds. The number of nitrogens with zero attached hydrogens (tertiary/aromatic N) is 6. The predicted octanol–water partition coefficient (Wildman–Crippen LogP) is 7.46. The highest BCUT2D eigenvalue weighted by atomic mass is 19.4. The number of aromatic amines is 2. The van der Waals surface area contributed by atoms with Crippen LogP contribution in [0.4, 0.5) is 22.8 Å². The number of alkyl halides is 3. The number of aromatic nitrogens is 6. The van der Waals surface area contributed by atoms with Crippen LogP contribution < -0.4 is 10.6 Å². The lowest BCUT2D eigenvalue weighted by Crippen LogP contribution is -2.42. The van der Waals surface area contributed by atoms with Gasteiger partial charge in [0.1, 0.15) is 35.1 Å². The number of halogens is 3. The van der Waals surface area contributed by atoms with Crippen molar-refractivity contribution in [1.82, 2.24) is 50.3 Å². The van der Waals surface area contributed by atoms with Crippen LogP contribution in [0.25, 0.3) is 33.9 Å². The number of imidazole rings is 2. The third kappa shape index (κ3) is 9.00. The van der Waals surface area contributed by atoms with Gasteiger partial charge in [0.25, 0.3) is 11.8 Å². The number of amides is 4. The lowest BCUT2D eigenvalue weighted by Gasteiger charge is -2.28. The molecule has 0 aliphatic carbocycles. The first kappa shape index (κ1) is 43.1. The molecule has 2 fully saturated rings. The summed E-state index contributed by atoms with van der Waals surface area (Å²) in [4.78, 5) is 79.3. The average Bonchev–Trinajstić information content (AvgIpc) is 4.17. The van der Waals surface area contributed by atoms with Crippen LogP contribution in [0.1, 0.15) is 78.3 Å². The Hall–Kier alpha value is -7.57. The first-order chi connectivity index (χ1) is 30.9. The first-order valence-corrected chi connectivity index (χ1v) is 20.5. The highest BCUT2D eigenvalue weighted by Crippen LogP contribution is 2.41. The Labute approximate surface area is 364 Å². The van der Waals surface area contributed by atoms with Gasteiger partial charge < -0.3 is 39.9 Å². The van der Waals surface area contributed by atoms with Gasteiger partial charge in [-0.25, -0.2) is 29.5 Å². The normalized spacial score (nSPS) is 17.1. The van der Waals surface area contributed by atoms with Crippen molar-refractivity contribution in [3.63, 3.8) is 0 Å². The summed E-state index contributed by atoms with van der Waals surface area (Å²) >= 11 is 0. The minimum absolute atomic E-state index is 0.0257. The minimum atomic E-state index is -4.80. The molecule has 4 atom stereocenters. The number of ether oxygens (including phenoxy) is 2. The number of nitrogens with one attached hydrogen (secondary N) is 4. The van der Waals surface area contributed by atoms with Crippen LogP contribution in [0.5, 0.6) is 0 Å². The molecule has 64 heavy (non-hydrogen) atoms. The van der Waals surface area contributed by atoms with E-state index >= 15 is 0 Å². The van der Waals surface area contributed by atoms with Gasteiger partial charge in [-0.2, -0.15) is 13.2 Å². The molecule has 0 unspecified atom stereocenters. The van der Waals surface area contributed by atoms with Gasteiger partial charge in [-0.1, -0.05) is 84.9 Å². The van der Waals surface area contributed by atoms with Gasteiger partial charge in [0.2, 0.25) is 0 Å². The van der Waals surface area contributed by atoms with Crippen molar-refractivity contribution in [3.05, 3.63) is 132 Å². The van der Waals surface area contributed by atoms with Crippen molar-refractivity contribution < 1.29 is 41.8 Å². The summed E-state index contributed by atoms with van der Waals surface area (Å²) in [6.07, 6.45) is 0.704. The highest BCUT2D eigenvalue weighted by molar-refractivity contribution is 5.88. The smallest absolute Gasteiger partial charge is 0.433 e. The number of alkyl carbamates (subject to hydrolysis) is 2. The van der Waals surface area contributed by atoms with Gasteiger partial charge >= 0.3 is 18.4 Å². The fraction of sp³-hybridized carbons (Fsp3) is 0.289. The van der Waals surface area contributed by atoms with Crippen molar-refractivity contribution in [2.75, 3.05) is 27.3 Å². The Morgan fingerprint density at radius 1 is 0.656 bits per heavy atom. The molecule has 2 saturated heterocycles. The number of likely N-dealkylation sites (tertiary alicyclic amines) is 2. The topological polar surface area (TPSA) is 200 Å². The third-order valence-electron chi connectivity index (χ3n) is 11.3. The molecule has 0 spiro atoms.